The molecule has 1 heterocycles. The molecule has 0 atom stereocenters. The lowest BCUT2D eigenvalue weighted by Gasteiger charge is -2.05. The number of benzene rings is 2. The zero-order valence-electron chi connectivity index (χ0n) is 14.2. The maximum absolute atomic E-state index is 12.4. The molecule has 0 unspecified atom stereocenters. The van der Waals surface area contributed by atoms with Gasteiger partial charge in [0.15, 0.2) is 5.13 Å². The molecule has 0 aliphatic carbocycles. The smallest absolute Gasteiger partial charge is 0.257 e. The standard InChI is InChI=1S/C19H20N2O3S/c1-3-11-24-14-7-5-13(6-8-14)18(22)21-19-20-16-10-9-15(23-4-2)12-17(16)25-19/h5-10,12H,3-4,11H2,1-2H3,(H,20,21,22). The summed E-state index contributed by atoms with van der Waals surface area (Å²) in [6.45, 7) is 5.28. The Bertz CT molecular complexity index is 859. The Morgan fingerprint density at radius 3 is 2.56 bits per heavy atom. The van der Waals surface area contributed by atoms with Crippen LogP contribution in [0.2, 0.25) is 0 Å². The molecule has 1 amide bonds. The van der Waals surface area contributed by atoms with Crippen LogP contribution in [0.5, 0.6) is 11.5 Å². The van der Waals surface area contributed by atoms with Crippen molar-refractivity contribution in [3.63, 3.8) is 0 Å². The number of carbonyl (C=O) groups excluding carboxylic acids is 1. The van der Waals surface area contributed by atoms with E-state index in [0.717, 1.165) is 28.1 Å². The molecule has 0 bridgehead atoms. The maximum atomic E-state index is 12.4. The van der Waals surface area contributed by atoms with Gasteiger partial charge in [0.2, 0.25) is 0 Å². The summed E-state index contributed by atoms with van der Waals surface area (Å²) in [5.41, 5.74) is 1.41. The average Bonchev–Trinajstić information content (AvgIpc) is 3.02. The molecule has 0 saturated heterocycles. The number of fused-ring (bicyclic) bond motifs is 1. The van der Waals surface area contributed by atoms with Gasteiger partial charge in [0.05, 0.1) is 23.4 Å². The number of anilines is 1. The fraction of sp³-hybridized carbons (Fsp3) is 0.263. The van der Waals surface area contributed by atoms with Crippen molar-refractivity contribution in [2.24, 2.45) is 0 Å². The topological polar surface area (TPSA) is 60.5 Å². The molecule has 0 saturated carbocycles. The number of carbonyl (C=O) groups is 1. The second kappa shape index (κ2) is 7.98. The van der Waals surface area contributed by atoms with Crippen LogP contribution in [-0.2, 0) is 0 Å². The van der Waals surface area contributed by atoms with Gasteiger partial charge in [-0.3, -0.25) is 10.1 Å². The first-order valence-corrected chi connectivity index (χ1v) is 9.09. The van der Waals surface area contributed by atoms with Gasteiger partial charge in [0.25, 0.3) is 5.91 Å². The Labute approximate surface area is 150 Å². The highest BCUT2D eigenvalue weighted by Crippen LogP contribution is 2.29. The van der Waals surface area contributed by atoms with Crippen LogP contribution in [0.15, 0.2) is 42.5 Å². The molecule has 5 nitrogen and oxygen atoms in total. The molecule has 1 N–H and O–H groups in total. The van der Waals surface area contributed by atoms with Gasteiger partial charge < -0.3 is 9.47 Å². The summed E-state index contributed by atoms with van der Waals surface area (Å²) in [6, 6.07) is 12.8. The molecule has 6 heteroatoms. The molecular weight excluding hydrogens is 336 g/mol. The molecule has 1 aromatic heterocycles. The molecule has 3 rings (SSSR count). The van der Waals surface area contributed by atoms with Crippen molar-refractivity contribution >= 4 is 32.6 Å². The van der Waals surface area contributed by atoms with E-state index in [1.165, 1.54) is 11.3 Å². The summed E-state index contributed by atoms with van der Waals surface area (Å²) < 4.78 is 12.0. The fourth-order valence-corrected chi connectivity index (χ4v) is 3.20. The first kappa shape index (κ1) is 17.2. The highest BCUT2D eigenvalue weighted by atomic mass is 32.1. The van der Waals surface area contributed by atoms with Crippen LogP contribution >= 0.6 is 11.3 Å². The van der Waals surface area contributed by atoms with Gasteiger partial charge in [-0.15, -0.1) is 0 Å². The fourth-order valence-electron chi connectivity index (χ4n) is 2.31. The molecule has 0 fully saturated rings. The van der Waals surface area contributed by atoms with Crippen LogP contribution in [0.3, 0.4) is 0 Å². The average molecular weight is 356 g/mol. The molecule has 0 aliphatic heterocycles. The minimum atomic E-state index is -0.189. The molecule has 0 radical (unpaired) electrons. The van der Waals surface area contributed by atoms with Gasteiger partial charge >= 0.3 is 0 Å². The van der Waals surface area contributed by atoms with E-state index in [1.807, 2.05) is 25.1 Å². The van der Waals surface area contributed by atoms with E-state index in [4.69, 9.17) is 9.47 Å². The largest absolute Gasteiger partial charge is 0.494 e. The first-order valence-electron chi connectivity index (χ1n) is 8.27. The van der Waals surface area contributed by atoms with Gasteiger partial charge in [-0.05, 0) is 55.8 Å². The molecule has 3 aromatic rings. The van der Waals surface area contributed by atoms with Crippen molar-refractivity contribution < 1.29 is 14.3 Å². The molecule has 2 aromatic carbocycles. The Morgan fingerprint density at radius 2 is 1.84 bits per heavy atom. The number of aromatic nitrogens is 1. The van der Waals surface area contributed by atoms with Crippen molar-refractivity contribution in [2.45, 2.75) is 20.3 Å². The van der Waals surface area contributed by atoms with Gasteiger partial charge in [-0.2, -0.15) is 0 Å². The van der Waals surface area contributed by atoms with Gasteiger partial charge in [-0.25, -0.2) is 4.98 Å². The van der Waals surface area contributed by atoms with E-state index in [-0.39, 0.29) is 5.91 Å². The number of thiazole rings is 1. The molecule has 0 spiro atoms. The normalized spacial score (nSPS) is 10.6. The number of nitrogens with one attached hydrogen (secondary N) is 1. The van der Waals surface area contributed by atoms with E-state index in [9.17, 15) is 4.79 Å². The van der Waals surface area contributed by atoms with Crippen molar-refractivity contribution in [3.8, 4) is 11.5 Å². The van der Waals surface area contributed by atoms with Crippen molar-refractivity contribution in [1.29, 1.82) is 0 Å². The monoisotopic (exact) mass is 356 g/mol. The third-order valence-corrected chi connectivity index (χ3v) is 4.41. The lowest BCUT2D eigenvalue weighted by atomic mass is 10.2. The third-order valence-electron chi connectivity index (χ3n) is 3.48. The lowest BCUT2D eigenvalue weighted by molar-refractivity contribution is 0.102. The van der Waals surface area contributed by atoms with E-state index in [1.54, 1.807) is 24.3 Å². The number of hydrogen-bond donors (Lipinski definition) is 1. The molecule has 25 heavy (non-hydrogen) atoms. The summed E-state index contributed by atoms with van der Waals surface area (Å²) in [6.07, 6.45) is 0.949. The van der Waals surface area contributed by atoms with Crippen LogP contribution in [0.25, 0.3) is 10.2 Å². The zero-order valence-corrected chi connectivity index (χ0v) is 15.1. The van der Waals surface area contributed by atoms with Crippen molar-refractivity contribution in [3.05, 3.63) is 48.0 Å². The van der Waals surface area contributed by atoms with Gasteiger partial charge in [0.1, 0.15) is 11.5 Å². The lowest BCUT2D eigenvalue weighted by Crippen LogP contribution is -2.11. The second-order valence-electron chi connectivity index (χ2n) is 5.41. The van der Waals surface area contributed by atoms with E-state index in [2.05, 4.69) is 17.2 Å². The van der Waals surface area contributed by atoms with Crippen LogP contribution in [0, 0.1) is 0 Å². The van der Waals surface area contributed by atoms with Crippen LogP contribution in [0.4, 0.5) is 5.13 Å². The maximum Gasteiger partial charge on any atom is 0.257 e. The number of nitrogens with zero attached hydrogens (tertiary/aromatic N) is 1. The minimum absolute atomic E-state index is 0.189. The predicted molar refractivity (Wildman–Crippen MR) is 101 cm³/mol. The van der Waals surface area contributed by atoms with Crippen LogP contribution < -0.4 is 14.8 Å². The highest BCUT2D eigenvalue weighted by Gasteiger charge is 2.11. The van der Waals surface area contributed by atoms with Gasteiger partial charge in [-0.1, -0.05) is 18.3 Å². The summed E-state index contributed by atoms with van der Waals surface area (Å²) in [4.78, 5) is 16.8. The zero-order chi connectivity index (χ0) is 17.6. The molecule has 130 valence electrons. The summed E-state index contributed by atoms with van der Waals surface area (Å²) in [5, 5.41) is 3.42. The number of amides is 1. The summed E-state index contributed by atoms with van der Waals surface area (Å²) in [5.74, 6) is 1.38. The van der Waals surface area contributed by atoms with E-state index < -0.39 is 0 Å². The molecule has 0 aliphatic rings. The number of ether oxygens (including phenoxy) is 2. The quantitative estimate of drug-likeness (QED) is 0.664. The third kappa shape index (κ3) is 4.28. The Morgan fingerprint density at radius 1 is 1.08 bits per heavy atom. The minimum Gasteiger partial charge on any atom is -0.494 e. The SMILES string of the molecule is CCCOc1ccc(C(=O)Nc2nc3ccc(OCC)cc3s2)cc1. The highest BCUT2D eigenvalue weighted by molar-refractivity contribution is 7.22. The summed E-state index contributed by atoms with van der Waals surface area (Å²) >= 11 is 1.43. The number of hydrogen-bond acceptors (Lipinski definition) is 5. The van der Waals surface area contributed by atoms with Crippen molar-refractivity contribution in [2.75, 3.05) is 18.5 Å². The van der Waals surface area contributed by atoms with Gasteiger partial charge in [0, 0.05) is 5.56 Å². The van der Waals surface area contributed by atoms with E-state index >= 15 is 0 Å². The van der Waals surface area contributed by atoms with Crippen molar-refractivity contribution in [1.82, 2.24) is 4.98 Å². The Balaban J connectivity index is 1.70. The van der Waals surface area contributed by atoms with Crippen LogP contribution in [-0.4, -0.2) is 24.1 Å². The Kier molecular flexibility index (Phi) is 5.50. The number of rotatable bonds is 7. The summed E-state index contributed by atoms with van der Waals surface area (Å²) in [7, 11) is 0. The Hall–Kier alpha value is -2.60. The predicted octanol–water partition coefficient (Wildman–Crippen LogP) is 4.74. The second-order valence-corrected chi connectivity index (χ2v) is 6.44. The first-order chi connectivity index (χ1) is 12.2. The van der Waals surface area contributed by atoms with Crippen LogP contribution in [0.1, 0.15) is 30.6 Å². The van der Waals surface area contributed by atoms with E-state index in [0.29, 0.717) is 23.9 Å². The molecular formula is C19H20N2O3S.